The Hall–Kier alpha value is -5.82. The van der Waals surface area contributed by atoms with E-state index in [9.17, 15) is 32.8 Å². The van der Waals surface area contributed by atoms with Crippen LogP contribution in [0.25, 0.3) is 11.0 Å². The number of anilines is 2. The van der Waals surface area contributed by atoms with E-state index in [0.29, 0.717) is 61.3 Å². The number of pyridine rings is 1. The summed E-state index contributed by atoms with van der Waals surface area (Å²) in [6, 6.07) is 19.0. The molecule has 5 aliphatic heterocycles. The molecule has 5 atom stereocenters. The van der Waals surface area contributed by atoms with E-state index in [0.717, 1.165) is 50.8 Å². The van der Waals surface area contributed by atoms with Crippen LogP contribution < -0.4 is 24.4 Å². The van der Waals surface area contributed by atoms with Gasteiger partial charge in [0.2, 0.25) is 0 Å². The molecule has 2 aliphatic carbocycles. The van der Waals surface area contributed by atoms with Gasteiger partial charge in [0.25, 0.3) is 21.6 Å². The second-order valence-corrected chi connectivity index (χ2v) is 23.2. The summed E-state index contributed by atoms with van der Waals surface area (Å²) in [4.78, 5) is 40.0. The minimum Gasteiger partial charge on any atom is -0.489 e. The molecule has 6 fully saturated rings. The van der Waals surface area contributed by atoms with Gasteiger partial charge in [-0.15, -0.1) is 0 Å². The van der Waals surface area contributed by atoms with Crippen molar-refractivity contribution < 1.29 is 37.1 Å². The highest BCUT2D eigenvalue weighted by Crippen LogP contribution is 2.53. The third-order valence-corrected chi connectivity index (χ3v) is 18.1. The number of piperidine rings is 2. The van der Waals surface area contributed by atoms with Crippen molar-refractivity contribution in [2.45, 2.75) is 119 Å². The van der Waals surface area contributed by atoms with Crippen molar-refractivity contribution >= 4 is 44.0 Å². The lowest BCUT2D eigenvalue weighted by atomic mass is 9.62. The number of nitrogens with one attached hydrogen (secondary N) is 3. The molecule has 70 heavy (non-hydrogen) atoms. The Bertz CT molecular complexity index is 2970. The molecule has 12 rings (SSSR count). The summed E-state index contributed by atoms with van der Waals surface area (Å²) in [6.07, 6.45) is 9.55. The Balaban J connectivity index is 0.814. The molecular weight excluding hydrogens is 916 g/mol. The van der Waals surface area contributed by atoms with Crippen LogP contribution in [-0.4, -0.2) is 114 Å². The molecule has 18 heteroatoms. The highest BCUT2D eigenvalue weighted by Gasteiger charge is 2.56. The topological polar surface area (TPSA) is 195 Å². The number of benzene rings is 3. The minimum atomic E-state index is -4.72. The highest BCUT2D eigenvalue weighted by molar-refractivity contribution is 7.90. The Morgan fingerprint density at radius 1 is 1.04 bits per heavy atom. The summed E-state index contributed by atoms with van der Waals surface area (Å²) in [5.74, 6) is -0.438. The molecule has 1 spiro atoms. The number of sulfonamides is 1. The van der Waals surface area contributed by atoms with Gasteiger partial charge in [0.15, 0.2) is 11.4 Å². The van der Waals surface area contributed by atoms with Gasteiger partial charge in [0.1, 0.15) is 29.6 Å². The molecule has 370 valence electrons. The van der Waals surface area contributed by atoms with E-state index >= 15 is 0 Å². The Morgan fingerprint density at radius 3 is 2.51 bits per heavy atom. The van der Waals surface area contributed by atoms with Crippen molar-refractivity contribution in [3.05, 3.63) is 106 Å². The van der Waals surface area contributed by atoms with Gasteiger partial charge >= 0.3 is 0 Å². The van der Waals surface area contributed by atoms with Crippen LogP contribution in [0.1, 0.15) is 105 Å². The summed E-state index contributed by atoms with van der Waals surface area (Å²) in [5.41, 5.74) is 2.89. The van der Waals surface area contributed by atoms with Crippen molar-refractivity contribution in [1.29, 1.82) is 0 Å². The maximum atomic E-state index is 14.7. The van der Waals surface area contributed by atoms with Crippen molar-refractivity contribution in [1.82, 2.24) is 24.5 Å². The SMILES string of the molecule is CC(C)c1ccccc1[C@H]1C2CC(C[C@H]1N1CC3(CCN(c4ccc(C(=O)NS(=O)(=O)c5cc6c(c([N+](=O)[O-])c5)N[C@@H](C5CCC(C)(O)CC5)CO6)c(Oc5cnc6[nH]cc(F)c6c5)c4)CC3)C1)N2C. The number of H-pyrrole nitrogens is 1. The van der Waals surface area contributed by atoms with Gasteiger partial charge in [-0.3, -0.25) is 24.7 Å². The van der Waals surface area contributed by atoms with E-state index in [1.807, 2.05) is 0 Å². The number of carbonyl (C=O) groups excluding carboxylic acids is 1. The first-order chi connectivity index (χ1) is 33.4. The van der Waals surface area contributed by atoms with E-state index in [-0.39, 0.29) is 57.9 Å². The molecule has 1 amide bonds. The number of halogens is 1. The first-order valence-corrected chi connectivity index (χ1v) is 26.2. The molecule has 4 saturated heterocycles. The summed E-state index contributed by atoms with van der Waals surface area (Å²) < 4.78 is 57.1. The lowest BCUT2D eigenvalue weighted by Gasteiger charge is -2.65. The molecule has 7 heterocycles. The molecule has 2 bridgehead atoms. The number of nitrogens with zero attached hydrogens (tertiary/aromatic N) is 5. The van der Waals surface area contributed by atoms with Gasteiger partial charge in [-0.05, 0) is 112 Å². The number of likely N-dealkylation sites (tertiary alicyclic amines) is 1. The Labute approximate surface area is 407 Å². The van der Waals surface area contributed by atoms with Crippen molar-refractivity contribution in [3.8, 4) is 17.2 Å². The normalized spacial score (nSPS) is 27.5. The molecule has 7 aliphatic rings. The maximum Gasteiger partial charge on any atom is 0.297 e. The number of aliphatic hydroxyl groups is 1. The number of nitro benzene ring substituents is 1. The van der Waals surface area contributed by atoms with Crippen LogP contribution in [-0.2, 0) is 10.0 Å². The average molecular weight is 977 g/mol. The van der Waals surface area contributed by atoms with E-state index in [1.54, 1.807) is 19.1 Å². The second-order valence-electron chi connectivity index (χ2n) is 21.5. The number of aromatic amines is 1. The van der Waals surface area contributed by atoms with E-state index in [2.05, 4.69) is 79.9 Å². The third kappa shape index (κ3) is 8.43. The van der Waals surface area contributed by atoms with E-state index in [1.165, 1.54) is 54.6 Å². The lowest BCUT2D eigenvalue weighted by molar-refractivity contribution is -0.384. The van der Waals surface area contributed by atoms with Crippen LogP contribution in [0.2, 0.25) is 0 Å². The first-order valence-electron chi connectivity index (χ1n) is 24.7. The van der Waals surface area contributed by atoms with E-state index in [4.69, 9.17) is 9.47 Å². The number of ether oxygens (including phenoxy) is 2. The van der Waals surface area contributed by atoms with Gasteiger partial charge in [0, 0.05) is 80.3 Å². The van der Waals surface area contributed by atoms with Crippen molar-refractivity contribution in [3.63, 3.8) is 0 Å². The predicted octanol–water partition coefficient (Wildman–Crippen LogP) is 8.29. The monoisotopic (exact) mass is 976 g/mol. The standard InChI is InChI=1S/C52H61FN8O8S/c1-30(2)36-7-5-6-8-37(36)47-42-19-33(58(42)4)20-43(47)60-28-52(29-60)15-17-59(18-16-52)32-9-10-38(45(21-32)69-34-22-39-40(53)26-55-49(39)54-25-34)50(62)57-70(66,67)35-23-44(61(64)65)48-46(24-35)68-27-41(56-48)31-11-13-51(3,63)14-12-31/h5-10,21-26,30-31,33,41-43,47,56,63H,11-20,27-29H2,1-4H3,(H,54,55)(H,57,62)/t31?,33?,41-,42?,43-,47+,51?/m1/s1. The fourth-order valence-corrected chi connectivity index (χ4v) is 13.6. The zero-order chi connectivity index (χ0) is 48.9. The number of likely N-dealkylation sites (N-methyl/N-ethyl adjacent to an activating group) is 1. The second kappa shape index (κ2) is 17.5. The van der Waals surface area contributed by atoms with Gasteiger partial charge in [-0.1, -0.05) is 38.1 Å². The van der Waals surface area contributed by atoms with Crippen LogP contribution in [0, 0.1) is 27.3 Å². The van der Waals surface area contributed by atoms with Crippen LogP contribution >= 0.6 is 0 Å². The van der Waals surface area contributed by atoms with Crippen LogP contribution in [0.3, 0.4) is 0 Å². The summed E-state index contributed by atoms with van der Waals surface area (Å²) in [7, 11) is -2.43. The summed E-state index contributed by atoms with van der Waals surface area (Å²) >= 11 is 0. The van der Waals surface area contributed by atoms with Gasteiger partial charge in [0.05, 0.1) is 38.6 Å². The molecule has 2 saturated carbocycles. The Kier molecular flexibility index (Phi) is 11.6. The Morgan fingerprint density at radius 2 is 1.79 bits per heavy atom. The quantitative estimate of drug-likeness (QED) is 0.0730. The fourth-order valence-electron chi connectivity index (χ4n) is 12.6. The predicted molar refractivity (Wildman–Crippen MR) is 263 cm³/mol. The fraction of sp³-hybridized carbons (Fsp3) is 0.500. The number of rotatable bonds is 11. The third-order valence-electron chi connectivity index (χ3n) is 16.8. The van der Waals surface area contributed by atoms with Gasteiger partial charge < -0.3 is 29.8 Å². The van der Waals surface area contributed by atoms with Crippen molar-refractivity contribution in [2.24, 2.45) is 11.3 Å². The van der Waals surface area contributed by atoms with Crippen LogP contribution in [0.15, 0.2) is 78.0 Å². The maximum absolute atomic E-state index is 14.7. The molecule has 0 radical (unpaired) electrons. The number of carbonyl (C=O) groups is 1. The number of nitro groups is 1. The number of hydrogen-bond donors (Lipinski definition) is 4. The lowest BCUT2D eigenvalue weighted by Crippen LogP contribution is -2.71. The molecule has 16 nitrogen and oxygen atoms in total. The minimum absolute atomic E-state index is 0.0187. The van der Waals surface area contributed by atoms with Crippen LogP contribution in [0.4, 0.5) is 21.5 Å². The first kappa shape index (κ1) is 46.6. The summed E-state index contributed by atoms with van der Waals surface area (Å²) in [6.45, 7) is 10.2. The average Bonchev–Trinajstić information content (AvgIpc) is 3.71. The van der Waals surface area contributed by atoms with Gasteiger partial charge in [-0.2, -0.15) is 0 Å². The molecule has 5 aromatic rings. The molecule has 4 N–H and O–H groups in total. The summed E-state index contributed by atoms with van der Waals surface area (Å²) in [5, 5.41) is 26.3. The largest absolute Gasteiger partial charge is 0.489 e. The molecule has 2 unspecified atom stereocenters. The zero-order valence-electron chi connectivity index (χ0n) is 40.0. The van der Waals surface area contributed by atoms with Crippen molar-refractivity contribution in [2.75, 3.05) is 50.1 Å². The number of fused-ring (bicyclic) bond motifs is 4. The number of amides is 1. The molecule has 2 aromatic heterocycles. The zero-order valence-corrected chi connectivity index (χ0v) is 40.8. The highest BCUT2D eigenvalue weighted by atomic mass is 32.2. The van der Waals surface area contributed by atoms with Gasteiger partial charge in [-0.25, -0.2) is 22.5 Å². The number of hydrogen-bond acceptors (Lipinski definition) is 13. The molecule has 3 aromatic carbocycles. The molecular formula is C52H61FN8O8S. The van der Waals surface area contributed by atoms with E-state index < -0.39 is 42.9 Å². The number of aromatic nitrogens is 2. The smallest absolute Gasteiger partial charge is 0.297 e. The van der Waals surface area contributed by atoms with Crippen LogP contribution in [0.5, 0.6) is 17.2 Å².